The maximum atomic E-state index is 11.5. The Balaban J connectivity index is 2.44. The molecule has 0 saturated carbocycles. The number of hydrogen-bond donors (Lipinski definition) is 2. The minimum Gasteiger partial charge on any atom is -0.482 e. The second kappa shape index (κ2) is 6.60. The number of nitrogens with two attached hydrogens (primary N) is 1. The van der Waals surface area contributed by atoms with Gasteiger partial charge in [0.1, 0.15) is 12.7 Å². The Morgan fingerprint density at radius 2 is 2.20 bits per heavy atom. The van der Waals surface area contributed by atoms with Gasteiger partial charge >= 0.3 is 6.09 Å². The van der Waals surface area contributed by atoms with Crippen LogP contribution in [-0.4, -0.2) is 34.3 Å². The maximum Gasteiger partial charge on any atom is 0.407 e. The molecule has 0 aliphatic carbocycles. The van der Waals surface area contributed by atoms with Gasteiger partial charge in [-0.25, -0.2) is 9.78 Å². The monoisotopic (exact) mass is 302 g/mol. The summed E-state index contributed by atoms with van der Waals surface area (Å²) in [5.41, 5.74) is 5.28. The van der Waals surface area contributed by atoms with E-state index in [9.17, 15) is 4.79 Å². The molecule has 1 heterocycles. The molecule has 1 rings (SSSR count). The van der Waals surface area contributed by atoms with Crippen LogP contribution in [0.3, 0.4) is 0 Å². The topological polar surface area (TPSA) is 99.4 Å². The van der Waals surface area contributed by atoms with Crippen molar-refractivity contribution in [3.8, 4) is 5.75 Å². The molecule has 0 aliphatic heterocycles. The highest BCUT2D eigenvalue weighted by Crippen LogP contribution is 2.20. The smallest absolute Gasteiger partial charge is 0.407 e. The van der Waals surface area contributed by atoms with E-state index in [0.29, 0.717) is 5.75 Å². The zero-order chi connectivity index (χ0) is 15.3. The fourth-order valence-electron chi connectivity index (χ4n) is 1.24. The normalized spacial score (nSPS) is 12.7. The summed E-state index contributed by atoms with van der Waals surface area (Å²) in [6.45, 7) is 7.39. The van der Waals surface area contributed by atoms with Gasteiger partial charge in [-0.2, -0.15) is 4.98 Å². The van der Waals surface area contributed by atoms with Crippen LogP contribution in [0.1, 0.15) is 27.7 Å². The Hall–Kier alpha value is -1.76. The highest BCUT2D eigenvalue weighted by Gasteiger charge is 2.16. The summed E-state index contributed by atoms with van der Waals surface area (Å²) in [5.74, 6) is 0.428. The molecule has 3 N–H and O–H groups in total. The Kier molecular flexibility index (Phi) is 5.38. The second-order valence-electron chi connectivity index (χ2n) is 5.29. The van der Waals surface area contributed by atoms with E-state index in [1.807, 2.05) is 20.8 Å². The Bertz CT molecular complexity index is 476. The lowest BCUT2D eigenvalue weighted by molar-refractivity contribution is 0.0858. The standard InChI is InChI=1S/C12H19ClN4O3/c1-7(6-19-11(18)17-12(2,3)4)20-8-5-15-10(13)16-9(8)14/h5,7H,6H2,1-4H3,(H,17,18)(H2,14,15,16). The number of rotatable bonds is 4. The van der Waals surface area contributed by atoms with Gasteiger partial charge in [-0.1, -0.05) is 0 Å². The van der Waals surface area contributed by atoms with E-state index in [1.54, 1.807) is 6.92 Å². The van der Waals surface area contributed by atoms with Crippen LogP contribution < -0.4 is 15.8 Å². The van der Waals surface area contributed by atoms with Crippen molar-refractivity contribution in [2.24, 2.45) is 0 Å². The van der Waals surface area contributed by atoms with Crippen LogP contribution in [0.5, 0.6) is 5.75 Å². The van der Waals surface area contributed by atoms with Gasteiger partial charge in [-0.3, -0.25) is 0 Å². The average molecular weight is 303 g/mol. The number of halogens is 1. The molecule has 0 aliphatic rings. The van der Waals surface area contributed by atoms with Crippen LogP contribution in [0, 0.1) is 0 Å². The van der Waals surface area contributed by atoms with Crippen molar-refractivity contribution in [3.05, 3.63) is 11.5 Å². The number of alkyl carbamates (subject to hydrolysis) is 1. The van der Waals surface area contributed by atoms with Gasteiger partial charge in [-0.15, -0.1) is 0 Å². The van der Waals surface area contributed by atoms with E-state index in [1.165, 1.54) is 6.20 Å². The van der Waals surface area contributed by atoms with Crippen LogP contribution in [0.2, 0.25) is 5.28 Å². The van der Waals surface area contributed by atoms with Crippen molar-refractivity contribution < 1.29 is 14.3 Å². The Morgan fingerprint density at radius 3 is 2.75 bits per heavy atom. The quantitative estimate of drug-likeness (QED) is 0.825. The molecule has 0 bridgehead atoms. The first-order valence-electron chi connectivity index (χ1n) is 6.07. The molecule has 8 heteroatoms. The molecule has 0 spiro atoms. The second-order valence-corrected chi connectivity index (χ2v) is 5.63. The minimum atomic E-state index is -0.506. The summed E-state index contributed by atoms with van der Waals surface area (Å²) >= 11 is 5.58. The largest absolute Gasteiger partial charge is 0.482 e. The van der Waals surface area contributed by atoms with E-state index >= 15 is 0 Å². The lowest BCUT2D eigenvalue weighted by atomic mass is 10.1. The molecule has 1 aromatic heterocycles. The number of ether oxygens (including phenoxy) is 2. The third-order valence-electron chi connectivity index (χ3n) is 2.01. The Morgan fingerprint density at radius 1 is 1.55 bits per heavy atom. The number of nitrogen functional groups attached to an aromatic ring is 1. The predicted molar refractivity (Wildman–Crippen MR) is 75.8 cm³/mol. The average Bonchev–Trinajstić information content (AvgIpc) is 2.28. The molecular formula is C12H19ClN4O3. The number of aromatic nitrogens is 2. The zero-order valence-electron chi connectivity index (χ0n) is 11.9. The molecule has 112 valence electrons. The summed E-state index contributed by atoms with van der Waals surface area (Å²) in [6, 6.07) is 0. The van der Waals surface area contributed by atoms with Crippen molar-refractivity contribution in [1.29, 1.82) is 0 Å². The van der Waals surface area contributed by atoms with Crippen LogP contribution >= 0.6 is 11.6 Å². The number of carbonyl (C=O) groups is 1. The van der Waals surface area contributed by atoms with Crippen molar-refractivity contribution in [2.75, 3.05) is 12.3 Å². The van der Waals surface area contributed by atoms with E-state index in [-0.39, 0.29) is 23.2 Å². The van der Waals surface area contributed by atoms with E-state index < -0.39 is 12.2 Å². The van der Waals surface area contributed by atoms with E-state index in [0.717, 1.165) is 0 Å². The summed E-state index contributed by atoms with van der Waals surface area (Å²) in [7, 11) is 0. The summed E-state index contributed by atoms with van der Waals surface area (Å²) < 4.78 is 10.5. The molecule has 0 radical (unpaired) electrons. The number of hydrogen-bond acceptors (Lipinski definition) is 6. The molecule has 0 fully saturated rings. The van der Waals surface area contributed by atoms with Gasteiger partial charge in [0.2, 0.25) is 5.28 Å². The van der Waals surface area contributed by atoms with Crippen molar-refractivity contribution in [2.45, 2.75) is 39.3 Å². The van der Waals surface area contributed by atoms with E-state index in [4.69, 9.17) is 26.8 Å². The fourth-order valence-corrected chi connectivity index (χ4v) is 1.38. The van der Waals surface area contributed by atoms with Crippen molar-refractivity contribution in [3.63, 3.8) is 0 Å². The fraction of sp³-hybridized carbons (Fsp3) is 0.583. The van der Waals surface area contributed by atoms with Crippen LogP contribution in [0.15, 0.2) is 6.20 Å². The van der Waals surface area contributed by atoms with Gasteiger partial charge in [0.25, 0.3) is 0 Å². The molecule has 7 nitrogen and oxygen atoms in total. The molecule has 20 heavy (non-hydrogen) atoms. The van der Waals surface area contributed by atoms with E-state index in [2.05, 4.69) is 15.3 Å². The molecule has 1 amide bonds. The highest BCUT2D eigenvalue weighted by molar-refractivity contribution is 6.28. The summed E-state index contributed by atoms with van der Waals surface area (Å²) in [4.78, 5) is 19.0. The summed E-state index contributed by atoms with van der Waals surface area (Å²) in [5, 5.41) is 2.72. The first kappa shape index (κ1) is 16.3. The number of nitrogens with one attached hydrogen (secondary N) is 1. The first-order valence-corrected chi connectivity index (χ1v) is 6.45. The minimum absolute atomic E-state index is 0.0447. The van der Waals surface area contributed by atoms with Crippen LogP contribution in [-0.2, 0) is 4.74 Å². The van der Waals surface area contributed by atoms with Gasteiger partial charge < -0.3 is 20.5 Å². The molecule has 1 aromatic rings. The Labute approximate surface area is 122 Å². The highest BCUT2D eigenvalue weighted by atomic mass is 35.5. The molecule has 1 unspecified atom stereocenters. The van der Waals surface area contributed by atoms with Gasteiger partial charge in [0, 0.05) is 5.54 Å². The zero-order valence-corrected chi connectivity index (χ0v) is 12.7. The van der Waals surface area contributed by atoms with Gasteiger partial charge in [-0.05, 0) is 39.3 Å². The number of amides is 1. The molecule has 0 saturated heterocycles. The SMILES string of the molecule is CC(COC(=O)NC(C)(C)C)Oc1cnc(Cl)nc1N. The molecular weight excluding hydrogens is 284 g/mol. The first-order chi connectivity index (χ1) is 9.17. The lowest BCUT2D eigenvalue weighted by Gasteiger charge is -2.21. The summed E-state index contributed by atoms with van der Waals surface area (Å²) in [6.07, 6.45) is 0.470. The molecule has 0 aromatic carbocycles. The lowest BCUT2D eigenvalue weighted by Crippen LogP contribution is -2.41. The van der Waals surface area contributed by atoms with Crippen LogP contribution in [0.4, 0.5) is 10.6 Å². The van der Waals surface area contributed by atoms with Crippen molar-refractivity contribution >= 4 is 23.5 Å². The van der Waals surface area contributed by atoms with Gasteiger partial charge in [0.05, 0.1) is 6.20 Å². The van der Waals surface area contributed by atoms with Crippen molar-refractivity contribution in [1.82, 2.24) is 15.3 Å². The number of nitrogens with zero attached hydrogens (tertiary/aromatic N) is 2. The maximum absolute atomic E-state index is 11.5. The third kappa shape index (κ3) is 5.92. The van der Waals surface area contributed by atoms with Gasteiger partial charge in [0.15, 0.2) is 11.6 Å². The molecule has 1 atom stereocenters. The predicted octanol–water partition coefficient (Wildman–Crippen LogP) is 2.00. The number of anilines is 1. The third-order valence-corrected chi connectivity index (χ3v) is 2.19. The number of carbonyl (C=O) groups excluding carboxylic acids is 1. The van der Waals surface area contributed by atoms with Crippen LogP contribution in [0.25, 0.3) is 0 Å².